The molecule has 176 valence electrons. The lowest BCUT2D eigenvalue weighted by molar-refractivity contribution is 0.0506. The number of halogens is 1. The summed E-state index contributed by atoms with van der Waals surface area (Å²) < 4.78 is 48.7. The number of carbonyl (C=O) groups is 1. The number of rotatable bonds is 6. The third-order valence-corrected chi connectivity index (χ3v) is 5.97. The van der Waals surface area contributed by atoms with Gasteiger partial charge in [0.25, 0.3) is 0 Å². The number of carbonyl (C=O) groups excluding carboxylic acids is 1. The van der Waals surface area contributed by atoms with Gasteiger partial charge in [0.2, 0.25) is 5.88 Å². The minimum absolute atomic E-state index is 0.0199. The highest BCUT2D eigenvalue weighted by atomic mass is 32.2. The second kappa shape index (κ2) is 9.99. The van der Waals surface area contributed by atoms with Gasteiger partial charge in [0.05, 0.1) is 16.7 Å². The van der Waals surface area contributed by atoms with Crippen LogP contribution in [-0.2, 0) is 14.6 Å². The lowest BCUT2D eigenvalue weighted by Crippen LogP contribution is -2.42. The van der Waals surface area contributed by atoms with E-state index in [1.165, 1.54) is 18.5 Å². The molecule has 0 bridgehead atoms. The van der Waals surface area contributed by atoms with Crippen molar-refractivity contribution in [2.45, 2.75) is 43.8 Å². The zero-order chi connectivity index (χ0) is 24.2. The summed E-state index contributed by atoms with van der Waals surface area (Å²) >= 11 is 0. The first-order valence-corrected chi connectivity index (χ1v) is 12.1. The SMILES string of the molecule is CC(C)OC(=O)N1CCC(Oc2ncnc(Nc3ccc(S(C)(=O)=O)cc3F)c2C#N)CC1. The molecule has 0 saturated carbocycles. The fourth-order valence-corrected chi connectivity index (χ4v) is 3.83. The van der Waals surface area contributed by atoms with Gasteiger partial charge in [-0.15, -0.1) is 0 Å². The highest BCUT2D eigenvalue weighted by Gasteiger charge is 2.27. The van der Waals surface area contributed by atoms with Crippen molar-refractivity contribution < 1.29 is 27.1 Å². The molecule has 0 spiro atoms. The molecule has 1 aliphatic rings. The van der Waals surface area contributed by atoms with Gasteiger partial charge in [0, 0.05) is 32.2 Å². The normalized spacial score (nSPS) is 14.6. The Morgan fingerprint density at radius 1 is 1.30 bits per heavy atom. The highest BCUT2D eigenvalue weighted by molar-refractivity contribution is 7.90. The van der Waals surface area contributed by atoms with Gasteiger partial charge in [-0.05, 0) is 32.0 Å². The van der Waals surface area contributed by atoms with Crippen molar-refractivity contribution >= 4 is 27.4 Å². The molecule has 12 heteroatoms. The van der Waals surface area contributed by atoms with E-state index in [4.69, 9.17) is 9.47 Å². The first-order valence-electron chi connectivity index (χ1n) is 10.2. The number of ether oxygens (including phenoxy) is 2. The molecule has 1 aliphatic heterocycles. The number of hydrogen-bond donors (Lipinski definition) is 1. The molecular weight excluding hydrogens is 453 g/mol. The molecule has 1 aromatic carbocycles. The van der Waals surface area contributed by atoms with Gasteiger partial charge in [0.1, 0.15) is 24.3 Å². The summed E-state index contributed by atoms with van der Waals surface area (Å²) in [5, 5.41) is 12.3. The Hall–Kier alpha value is -3.46. The van der Waals surface area contributed by atoms with Crippen molar-refractivity contribution in [2.24, 2.45) is 0 Å². The van der Waals surface area contributed by atoms with E-state index >= 15 is 0 Å². The van der Waals surface area contributed by atoms with Gasteiger partial charge in [0.15, 0.2) is 21.2 Å². The molecule has 0 radical (unpaired) electrons. The van der Waals surface area contributed by atoms with Crippen LogP contribution in [0.3, 0.4) is 0 Å². The summed E-state index contributed by atoms with van der Waals surface area (Å²) in [5.41, 5.74) is -0.0775. The number of anilines is 2. The summed E-state index contributed by atoms with van der Waals surface area (Å²) in [5.74, 6) is -0.763. The quantitative estimate of drug-likeness (QED) is 0.666. The van der Waals surface area contributed by atoms with Crippen LogP contribution in [-0.4, -0.2) is 60.9 Å². The van der Waals surface area contributed by atoms with Crippen LogP contribution in [0.25, 0.3) is 0 Å². The predicted octanol–water partition coefficient (Wildman–Crippen LogP) is 3.02. The van der Waals surface area contributed by atoms with Crippen molar-refractivity contribution in [3.8, 4) is 11.9 Å². The average Bonchev–Trinajstić information content (AvgIpc) is 2.74. The van der Waals surface area contributed by atoms with E-state index in [0.29, 0.717) is 25.9 Å². The van der Waals surface area contributed by atoms with E-state index in [9.17, 15) is 22.9 Å². The molecule has 2 heterocycles. The molecule has 1 saturated heterocycles. The Kier molecular flexibility index (Phi) is 7.33. The average molecular weight is 478 g/mol. The number of nitrogens with one attached hydrogen (secondary N) is 1. The van der Waals surface area contributed by atoms with E-state index < -0.39 is 15.7 Å². The molecule has 1 aromatic heterocycles. The van der Waals surface area contributed by atoms with Gasteiger partial charge in [-0.1, -0.05) is 0 Å². The van der Waals surface area contributed by atoms with E-state index in [-0.39, 0.29) is 46.1 Å². The first-order chi connectivity index (χ1) is 15.6. The molecule has 0 unspecified atom stereocenters. The van der Waals surface area contributed by atoms with Crippen LogP contribution in [0.1, 0.15) is 32.3 Å². The second-order valence-corrected chi connectivity index (χ2v) is 9.81. The molecule has 0 atom stereocenters. The largest absolute Gasteiger partial charge is 0.473 e. The first kappa shape index (κ1) is 24.2. The summed E-state index contributed by atoms with van der Waals surface area (Å²) in [7, 11) is -3.56. The fraction of sp³-hybridized carbons (Fsp3) is 0.429. The summed E-state index contributed by atoms with van der Waals surface area (Å²) in [6.07, 6.45) is 2.33. The number of nitriles is 1. The van der Waals surface area contributed by atoms with E-state index in [1.54, 1.807) is 18.7 Å². The zero-order valence-corrected chi connectivity index (χ0v) is 19.2. The van der Waals surface area contributed by atoms with Crippen LogP contribution in [0, 0.1) is 17.1 Å². The molecule has 1 N–H and O–H groups in total. The van der Waals surface area contributed by atoms with Crippen molar-refractivity contribution in [3.63, 3.8) is 0 Å². The van der Waals surface area contributed by atoms with E-state index in [2.05, 4.69) is 15.3 Å². The third-order valence-electron chi connectivity index (χ3n) is 4.86. The third kappa shape index (κ3) is 6.07. The van der Waals surface area contributed by atoms with Gasteiger partial charge < -0.3 is 19.7 Å². The van der Waals surface area contributed by atoms with Crippen molar-refractivity contribution in [1.29, 1.82) is 5.26 Å². The zero-order valence-electron chi connectivity index (χ0n) is 18.4. The number of hydrogen-bond acceptors (Lipinski definition) is 9. The number of piperidine rings is 1. The van der Waals surface area contributed by atoms with Crippen LogP contribution in [0.5, 0.6) is 5.88 Å². The van der Waals surface area contributed by atoms with Crippen molar-refractivity contribution in [3.05, 3.63) is 35.9 Å². The van der Waals surface area contributed by atoms with Crippen LogP contribution in [0.4, 0.5) is 20.7 Å². The van der Waals surface area contributed by atoms with Crippen LogP contribution >= 0.6 is 0 Å². The van der Waals surface area contributed by atoms with Crippen molar-refractivity contribution in [2.75, 3.05) is 24.7 Å². The Balaban J connectivity index is 1.72. The monoisotopic (exact) mass is 477 g/mol. The number of nitrogens with zero attached hydrogens (tertiary/aromatic N) is 4. The summed E-state index contributed by atoms with van der Waals surface area (Å²) in [6, 6.07) is 5.36. The van der Waals surface area contributed by atoms with E-state index in [0.717, 1.165) is 12.3 Å². The maximum atomic E-state index is 14.4. The van der Waals surface area contributed by atoms with Gasteiger partial charge >= 0.3 is 6.09 Å². The molecule has 2 aromatic rings. The summed E-state index contributed by atoms with van der Waals surface area (Å²) in [6.45, 7) is 4.44. The molecule has 1 fully saturated rings. The Labute approximate surface area is 191 Å². The van der Waals surface area contributed by atoms with Crippen LogP contribution < -0.4 is 10.1 Å². The highest BCUT2D eigenvalue weighted by Crippen LogP contribution is 2.28. The number of amides is 1. The summed E-state index contributed by atoms with van der Waals surface area (Å²) in [4.78, 5) is 21.5. The molecule has 1 amide bonds. The van der Waals surface area contributed by atoms with Crippen LogP contribution in [0.2, 0.25) is 0 Å². The Morgan fingerprint density at radius 2 is 2.00 bits per heavy atom. The number of likely N-dealkylation sites (tertiary alicyclic amines) is 1. The van der Waals surface area contributed by atoms with Crippen LogP contribution in [0.15, 0.2) is 29.4 Å². The molecule has 0 aliphatic carbocycles. The van der Waals surface area contributed by atoms with Gasteiger partial charge in [-0.2, -0.15) is 5.26 Å². The molecular formula is C21H24FN5O5S. The van der Waals surface area contributed by atoms with E-state index in [1.807, 2.05) is 6.07 Å². The smallest absolute Gasteiger partial charge is 0.410 e. The number of benzene rings is 1. The molecule has 33 heavy (non-hydrogen) atoms. The number of aromatic nitrogens is 2. The Bertz CT molecular complexity index is 1170. The Morgan fingerprint density at radius 3 is 2.58 bits per heavy atom. The minimum atomic E-state index is -3.56. The second-order valence-electron chi connectivity index (χ2n) is 7.79. The molecule has 10 nitrogen and oxygen atoms in total. The predicted molar refractivity (Wildman–Crippen MR) is 116 cm³/mol. The lowest BCUT2D eigenvalue weighted by atomic mass is 10.1. The van der Waals surface area contributed by atoms with Crippen molar-refractivity contribution in [1.82, 2.24) is 14.9 Å². The maximum Gasteiger partial charge on any atom is 0.410 e. The molecule has 3 rings (SSSR count). The topological polar surface area (TPSA) is 135 Å². The standard InChI is InChI=1S/C21H24FN5O5S/c1-13(2)31-21(28)27-8-6-14(7-9-27)32-20-16(11-23)19(24-12-25-20)26-18-5-4-15(10-17(18)22)33(3,29)30/h4-5,10,12-14H,6-9H2,1-3H3,(H,24,25,26). The van der Waals surface area contributed by atoms with Gasteiger partial charge in [-0.3, -0.25) is 0 Å². The maximum absolute atomic E-state index is 14.4. The fourth-order valence-electron chi connectivity index (χ4n) is 3.20. The van der Waals surface area contributed by atoms with Gasteiger partial charge in [-0.25, -0.2) is 27.6 Å². The lowest BCUT2D eigenvalue weighted by Gasteiger charge is -2.31. The number of sulfone groups is 1. The minimum Gasteiger partial charge on any atom is -0.473 e.